The lowest BCUT2D eigenvalue weighted by Gasteiger charge is -2.38. The van der Waals surface area contributed by atoms with Crippen molar-refractivity contribution in [2.24, 2.45) is 0 Å². The summed E-state index contributed by atoms with van der Waals surface area (Å²) in [6.07, 6.45) is 14.2. The van der Waals surface area contributed by atoms with Gasteiger partial charge in [0.25, 0.3) is 0 Å². The van der Waals surface area contributed by atoms with Crippen molar-refractivity contribution < 1.29 is 23.4 Å². The minimum Gasteiger partial charge on any atom is -0.497 e. The first-order valence-electron chi connectivity index (χ1n) is 15.3. The number of unbranched alkanes of at least 4 members (excludes halogenated alkanes) is 6. The minimum absolute atomic E-state index is 0.0589. The molecule has 0 unspecified atom stereocenters. The van der Waals surface area contributed by atoms with Crippen LogP contribution in [0.3, 0.4) is 0 Å². The second kappa shape index (κ2) is 19.3. The number of hydrogen-bond donors (Lipinski definition) is 0. The third-order valence-corrected chi connectivity index (χ3v) is 12.5. The second-order valence-corrected chi connectivity index (χ2v) is 17.1. The Kier molecular flexibility index (Phi) is 17.4. The summed E-state index contributed by atoms with van der Waals surface area (Å²) in [5.74, 6) is 0.610. The maximum atomic E-state index is 13.0. The Hall–Kier alpha value is -1.89. The van der Waals surface area contributed by atoms with Crippen molar-refractivity contribution in [3.63, 3.8) is 0 Å². The first-order chi connectivity index (χ1) is 18.9. The lowest BCUT2D eigenvalue weighted by Crippen LogP contribution is -2.44. The van der Waals surface area contributed by atoms with Crippen molar-refractivity contribution in [2.45, 2.75) is 141 Å². The molecule has 0 spiro atoms. The van der Waals surface area contributed by atoms with Crippen LogP contribution < -0.4 is 4.74 Å². The summed E-state index contributed by atoms with van der Waals surface area (Å²) >= 11 is 0. The standard InChI is InChI=1S/C34H58O5Si/c1-10-13-14-15-16-17-18-19-32(38-33(35)26-30(12-3)39-40(8,9)34(4,5)6)25-24-29(11-2)37-27-28-20-22-31(36-7)23-21-28/h11-12,20-23,29-30,32H,2-3,10,13-19,24-27H2,1,4-9H3/t29-,30+,32+/m1/s1. The molecule has 0 fully saturated rings. The number of hydrogen-bond acceptors (Lipinski definition) is 5. The van der Waals surface area contributed by atoms with Crippen LogP contribution in [0.25, 0.3) is 0 Å². The molecular weight excluding hydrogens is 516 g/mol. The molecule has 0 bridgehead atoms. The van der Waals surface area contributed by atoms with Gasteiger partial charge in [0.05, 0.1) is 32.3 Å². The van der Waals surface area contributed by atoms with E-state index in [1.807, 2.05) is 30.3 Å². The summed E-state index contributed by atoms with van der Waals surface area (Å²) in [7, 11) is -0.366. The van der Waals surface area contributed by atoms with E-state index in [0.717, 1.165) is 37.0 Å². The van der Waals surface area contributed by atoms with Crippen LogP contribution in [0.4, 0.5) is 0 Å². The van der Waals surface area contributed by atoms with Crippen LogP contribution in [0.15, 0.2) is 49.6 Å². The minimum atomic E-state index is -2.03. The Bertz CT molecular complexity index is 843. The van der Waals surface area contributed by atoms with Crippen molar-refractivity contribution in [3.05, 3.63) is 55.1 Å². The zero-order valence-corrected chi connectivity index (χ0v) is 27.6. The van der Waals surface area contributed by atoms with Crippen LogP contribution in [-0.2, 0) is 25.3 Å². The predicted octanol–water partition coefficient (Wildman–Crippen LogP) is 9.57. The van der Waals surface area contributed by atoms with Crippen LogP contribution in [0.5, 0.6) is 5.75 Å². The largest absolute Gasteiger partial charge is 0.497 e. The molecule has 0 aromatic heterocycles. The summed E-state index contributed by atoms with van der Waals surface area (Å²) in [4.78, 5) is 13.0. The van der Waals surface area contributed by atoms with Gasteiger partial charge in [-0.3, -0.25) is 4.79 Å². The number of benzene rings is 1. The Morgan fingerprint density at radius 1 is 0.900 bits per heavy atom. The third kappa shape index (κ3) is 14.7. The number of carbonyl (C=O) groups is 1. The third-order valence-electron chi connectivity index (χ3n) is 7.97. The Labute approximate surface area is 246 Å². The van der Waals surface area contributed by atoms with Crippen molar-refractivity contribution in [2.75, 3.05) is 7.11 Å². The molecular formula is C34H58O5Si. The molecule has 0 N–H and O–H groups in total. The predicted molar refractivity (Wildman–Crippen MR) is 170 cm³/mol. The van der Waals surface area contributed by atoms with Crippen molar-refractivity contribution in [1.82, 2.24) is 0 Å². The smallest absolute Gasteiger partial charge is 0.308 e. The van der Waals surface area contributed by atoms with Gasteiger partial charge in [0.15, 0.2) is 8.32 Å². The molecule has 1 aromatic rings. The van der Waals surface area contributed by atoms with Crippen LogP contribution in [0.1, 0.15) is 104 Å². The van der Waals surface area contributed by atoms with Gasteiger partial charge in [-0.2, -0.15) is 0 Å². The van der Waals surface area contributed by atoms with Gasteiger partial charge in [-0.1, -0.05) is 90.5 Å². The van der Waals surface area contributed by atoms with Gasteiger partial charge in [-0.15, -0.1) is 13.2 Å². The highest BCUT2D eigenvalue weighted by Gasteiger charge is 2.39. The molecule has 0 aliphatic rings. The molecule has 0 aliphatic carbocycles. The summed E-state index contributed by atoms with van der Waals surface area (Å²) in [5.41, 5.74) is 1.08. The highest BCUT2D eigenvalue weighted by molar-refractivity contribution is 6.74. The first kappa shape index (κ1) is 36.1. The van der Waals surface area contributed by atoms with E-state index >= 15 is 0 Å². The highest BCUT2D eigenvalue weighted by atomic mass is 28.4. The summed E-state index contributed by atoms with van der Waals surface area (Å²) in [6.45, 7) is 21.6. The molecule has 0 saturated carbocycles. The molecule has 228 valence electrons. The SMILES string of the molecule is C=C[C@H](CC[C@H](CCCCCCCCC)OC(=O)C[C@H](C=C)O[Si](C)(C)C(C)(C)C)OCc1ccc(OC)cc1. The van der Waals surface area contributed by atoms with Crippen LogP contribution in [0.2, 0.25) is 18.1 Å². The average Bonchev–Trinajstić information content (AvgIpc) is 2.91. The fourth-order valence-corrected chi connectivity index (χ4v) is 5.55. The summed E-state index contributed by atoms with van der Waals surface area (Å²) in [6, 6.07) is 7.88. The van der Waals surface area contributed by atoms with Crippen LogP contribution in [-0.4, -0.2) is 39.7 Å². The molecule has 40 heavy (non-hydrogen) atoms. The van der Waals surface area contributed by atoms with Gasteiger partial charge in [0.1, 0.15) is 11.9 Å². The van der Waals surface area contributed by atoms with Crippen molar-refractivity contribution >= 4 is 14.3 Å². The average molecular weight is 575 g/mol. The maximum Gasteiger partial charge on any atom is 0.308 e. The van der Waals surface area contributed by atoms with Crippen LogP contribution >= 0.6 is 0 Å². The van der Waals surface area contributed by atoms with E-state index in [1.54, 1.807) is 13.2 Å². The van der Waals surface area contributed by atoms with E-state index < -0.39 is 8.32 Å². The molecule has 0 radical (unpaired) electrons. The zero-order valence-electron chi connectivity index (χ0n) is 26.6. The molecule has 0 heterocycles. The topological polar surface area (TPSA) is 54.0 Å². The Balaban J connectivity index is 2.71. The van der Waals surface area contributed by atoms with Crippen molar-refractivity contribution in [1.29, 1.82) is 0 Å². The van der Waals surface area contributed by atoms with Gasteiger partial charge in [0, 0.05) is 0 Å². The number of esters is 1. The van der Waals surface area contributed by atoms with E-state index in [4.69, 9.17) is 18.6 Å². The Morgan fingerprint density at radius 3 is 2.05 bits per heavy atom. The lowest BCUT2D eigenvalue weighted by atomic mass is 10.0. The normalized spacial score (nSPS) is 14.3. The van der Waals surface area contributed by atoms with Gasteiger partial charge in [0.2, 0.25) is 0 Å². The number of carbonyl (C=O) groups excluding carboxylic acids is 1. The molecule has 0 saturated heterocycles. The molecule has 0 amide bonds. The number of methoxy groups -OCH3 is 1. The lowest BCUT2D eigenvalue weighted by molar-refractivity contribution is -0.151. The van der Waals surface area contributed by atoms with Crippen LogP contribution in [0, 0.1) is 0 Å². The van der Waals surface area contributed by atoms with Gasteiger partial charge in [-0.05, 0) is 61.5 Å². The fraction of sp³-hybridized carbons (Fsp3) is 0.676. The van der Waals surface area contributed by atoms with Crippen molar-refractivity contribution in [3.8, 4) is 5.75 Å². The molecule has 1 rings (SSSR count). The Morgan fingerprint density at radius 2 is 1.50 bits per heavy atom. The molecule has 1 aromatic carbocycles. The van der Waals surface area contributed by atoms with Gasteiger partial charge in [-0.25, -0.2) is 0 Å². The summed E-state index contributed by atoms with van der Waals surface area (Å²) < 4.78 is 23.9. The molecule has 5 nitrogen and oxygen atoms in total. The quantitative estimate of drug-likeness (QED) is 0.0597. The molecule has 3 atom stereocenters. The molecule has 6 heteroatoms. The molecule has 0 aliphatic heterocycles. The van der Waals surface area contributed by atoms with Gasteiger partial charge < -0.3 is 18.6 Å². The maximum absolute atomic E-state index is 13.0. The zero-order chi connectivity index (χ0) is 30.0. The van der Waals surface area contributed by atoms with E-state index in [-0.39, 0.29) is 35.7 Å². The highest BCUT2D eigenvalue weighted by Crippen LogP contribution is 2.37. The van der Waals surface area contributed by atoms with Gasteiger partial charge >= 0.3 is 5.97 Å². The van der Waals surface area contributed by atoms with E-state index in [9.17, 15) is 4.79 Å². The van der Waals surface area contributed by atoms with E-state index in [2.05, 4.69) is 53.9 Å². The van der Waals surface area contributed by atoms with E-state index in [0.29, 0.717) is 6.61 Å². The number of rotatable bonds is 22. The summed E-state index contributed by atoms with van der Waals surface area (Å²) in [5, 5.41) is 0.0589. The fourth-order valence-electron chi connectivity index (χ4n) is 4.26. The monoisotopic (exact) mass is 574 g/mol. The number of ether oxygens (including phenoxy) is 3. The second-order valence-electron chi connectivity index (χ2n) is 12.4. The first-order valence-corrected chi connectivity index (χ1v) is 18.2. The van der Waals surface area contributed by atoms with E-state index in [1.165, 1.54) is 38.5 Å².